The van der Waals surface area contributed by atoms with Crippen LogP contribution in [0.15, 0.2) is 36.7 Å². The standard InChI is InChI=1S/C22H28N4O3/c1-16-3-5-18(6-4-16)21(27)23-12-19-7-8-22(29-19)13-26(9-10-28-14-22)20-11-17(2)24-15-25-20/h3-6,11,15,19H,7-10,12-14H2,1-2H3,(H,23,27)/t19-,22+/m0/s1. The molecule has 1 N–H and O–H groups in total. The number of nitrogens with one attached hydrogen (secondary N) is 1. The highest BCUT2D eigenvalue weighted by molar-refractivity contribution is 5.94. The van der Waals surface area contributed by atoms with Gasteiger partial charge >= 0.3 is 0 Å². The molecule has 2 saturated heterocycles. The molecule has 0 radical (unpaired) electrons. The van der Waals surface area contributed by atoms with Crippen molar-refractivity contribution in [1.29, 1.82) is 0 Å². The van der Waals surface area contributed by atoms with Crippen LogP contribution in [0.4, 0.5) is 5.82 Å². The molecule has 2 aliphatic heterocycles. The fraction of sp³-hybridized carbons (Fsp3) is 0.500. The van der Waals surface area contributed by atoms with Crippen molar-refractivity contribution in [2.24, 2.45) is 0 Å². The summed E-state index contributed by atoms with van der Waals surface area (Å²) < 4.78 is 12.3. The van der Waals surface area contributed by atoms with E-state index in [0.717, 1.165) is 43.0 Å². The average Bonchev–Trinajstić information content (AvgIpc) is 2.99. The number of aromatic nitrogens is 2. The zero-order valence-electron chi connectivity index (χ0n) is 17.1. The van der Waals surface area contributed by atoms with Gasteiger partial charge in [0.2, 0.25) is 0 Å². The zero-order valence-corrected chi connectivity index (χ0v) is 17.1. The third kappa shape index (κ3) is 4.74. The number of hydrogen-bond acceptors (Lipinski definition) is 6. The quantitative estimate of drug-likeness (QED) is 0.855. The fourth-order valence-electron chi connectivity index (χ4n) is 3.99. The van der Waals surface area contributed by atoms with Crippen molar-refractivity contribution >= 4 is 11.7 Å². The fourth-order valence-corrected chi connectivity index (χ4v) is 3.99. The van der Waals surface area contributed by atoms with Gasteiger partial charge in [-0.1, -0.05) is 17.7 Å². The molecule has 3 heterocycles. The number of amides is 1. The van der Waals surface area contributed by atoms with Crippen LogP contribution in [0.25, 0.3) is 0 Å². The number of carbonyl (C=O) groups is 1. The van der Waals surface area contributed by atoms with Crippen molar-refractivity contribution in [3.63, 3.8) is 0 Å². The maximum absolute atomic E-state index is 12.4. The first kappa shape index (κ1) is 19.8. The number of aryl methyl sites for hydroxylation is 2. The maximum atomic E-state index is 12.4. The van der Waals surface area contributed by atoms with E-state index >= 15 is 0 Å². The van der Waals surface area contributed by atoms with Gasteiger partial charge in [-0.2, -0.15) is 0 Å². The second-order valence-electron chi connectivity index (χ2n) is 8.03. The van der Waals surface area contributed by atoms with Gasteiger partial charge in [0, 0.05) is 30.4 Å². The van der Waals surface area contributed by atoms with Crippen molar-refractivity contribution in [2.45, 2.75) is 38.4 Å². The van der Waals surface area contributed by atoms with E-state index in [2.05, 4.69) is 20.2 Å². The molecular weight excluding hydrogens is 368 g/mol. The van der Waals surface area contributed by atoms with Crippen LogP contribution in [0, 0.1) is 13.8 Å². The van der Waals surface area contributed by atoms with Crippen LogP contribution >= 0.6 is 0 Å². The molecule has 7 nitrogen and oxygen atoms in total. The summed E-state index contributed by atoms with van der Waals surface area (Å²) in [4.78, 5) is 23.2. The molecule has 7 heteroatoms. The number of nitrogens with zero attached hydrogens (tertiary/aromatic N) is 3. The highest BCUT2D eigenvalue weighted by Crippen LogP contribution is 2.34. The summed E-state index contributed by atoms with van der Waals surface area (Å²) in [5, 5.41) is 3.01. The molecule has 2 fully saturated rings. The number of carbonyl (C=O) groups excluding carboxylic acids is 1. The Balaban J connectivity index is 1.37. The van der Waals surface area contributed by atoms with Crippen LogP contribution in [-0.2, 0) is 9.47 Å². The Morgan fingerprint density at radius 2 is 2.10 bits per heavy atom. The van der Waals surface area contributed by atoms with E-state index in [9.17, 15) is 4.79 Å². The number of ether oxygens (including phenoxy) is 2. The summed E-state index contributed by atoms with van der Waals surface area (Å²) in [6, 6.07) is 9.59. The molecule has 1 spiro atoms. The van der Waals surface area contributed by atoms with E-state index in [1.807, 2.05) is 44.2 Å². The molecule has 2 aliphatic rings. The molecule has 1 aromatic carbocycles. The normalized spacial score (nSPS) is 24.5. The minimum absolute atomic E-state index is 0.0138. The van der Waals surface area contributed by atoms with Crippen LogP contribution < -0.4 is 10.2 Å². The third-order valence-corrected chi connectivity index (χ3v) is 5.61. The molecule has 0 saturated carbocycles. The van der Waals surface area contributed by atoms with Gasteiger partial charge in [0.15, 0.2) is 0 Å². The molecule has 0 unspecified atom stereocenters. The average molecular weight is 396 g/mol. The van der Waals surface area contributed by atoms with E-state index in [-0.39, 0.29) is 17.6 Å². The Morgan fingerprint density at radius 1 is 1.28 bits per heavy atom. The lowest BCUT2D eigenvalue weighted by Crippen LogP contribution is -2.45. The van der Waals surface area contributed by atoms with E-state index in [1.54, 1.807) is 6.33 Å². The molecule has 154 valence electrons. The van der Waals surface area contributed by atoms with E-state index < -0.39 is 0 Å². The van der Waals surface area contributed by atoms with Crippen LogP contribution in [-0.4, -0.2) is 60.4 Å². The van der Waals surface area contributed by atoms with Crippen LogP contribution in [0.3, 0.4) is 0 Å². The van der Waals surface area contributed by atoms with Crippen molar-refractivity contribution in [1.82, 2.24) is 15.3 Å². The van der Waals surface area contributed by atoms with Gasteiger partial charge in [-0.05, 0) is 38.8 Å². The molecule has 4 rings (SSSR count). The highest BCUT2D eigenvalue weighted by atomic mass is 16.6. The Kier molecular flexibility index (Phi) is 5.78. The first-order chi connectivity index (χ1) is 14.0. The van der Waals surface area contributed by atoms with Crippen LogP contribution in [0.2, 0.25) is 0 Å². The number of rotatable bonds is 4. The lowest BCUT2D eigenvalue weighted by molar-refractivity contribution is -0.0749. The molecule has 1 aromatic heterocycles. The van der Waals surface area contributed by atoms with E-state index in [4.69, 9.17) is 9.47 Å². The number of benzene rings is 1. The SMILES string of the molecule is Cc1ccc(C(=O)NC[C@@H]2CC[C@@]3(COCCN(c4cc(C)ncn4)C3)O2)cc1. The predicted molar refractivity (Wildman–Crippen MR) is 110 cm³/mol. The van der Waals surface area contributed by atoms with Gasteiger partial charge in [0.25, 0.3) is 5.91 Å². The van der Waals surface area contributed by atoms with Gasteiger partial charge < -0.3 is 19.7 Å². The van der Waals surface area contributed by atoms with Crippen LogP contribution in [0.1, 0.15) is 34.5 Å². The Morgan fingerprint density at radius 3 is 2.90 bits per heavy atom. The summed E-state index contributed by atoms with van der Waals surface area (Å²) >= 11 is 0. The van der Waals surface area contributed by atoms with E-state index in [0.29, 0.717) is 25.3 Å². The minimum Gasteiger partial charge on any atom is -0.377 e. The monoisotopic (exact) mass is 396 g/mol. The second kappa shape index (κ2) is 8.47. The Labute approximate surface area is 171 Å². The van der Waals surface area contributed by atoms with Crippen molar-refractivity contribution in [2.75, 3.05) is 37.7 Å². The predicted octanol–water partition coefficient (Wildman–Crippen LogP) is 2.28. The summed E-state index contributed by atoms with van der Waals surface area (Å²) in [6.45, 7) is 7.19. The Hall–Kier alpha value is -2.51. The van der Waals surface area contributed by atoms with Crippen molar-refractivity contribution in [3.8, 4) is 0 Å². The smallest absolute Gasteiger partial charge is 0.251 e. The third-order valence-electron chi connectivity index (χ3n) is 5.61. The molecule has 2 atom stereocenters. The summed E-state index contributed by atoms with van der Waals surface area (Å²) in [5.41, 5.74) is 2.39. The molecule has 1 amide bonds. The van der Waals surface area contributed by atoms with Crippen molar-refractivity contribution in [3.05, 3.63) is 53.5 Å². The van der Waals surface area contributed by atoms with Gasteiger partial charge in [0.05, 0.1) is 25.9 Å². The van der Waals surface area contributed by atoms with Gasteiger partial charge in [-0.3, -0.25) is 4.79 Å². The molecule has 2 aromatic rings. The summed E-state index contributed by atoms with van der Waals surface area (Å²) in [6.07, 6.45) is 3.38. The Bertz CT molecular complexity index is 857. The van der Waals surface area contributed by atoms with Crippen LogP contribution in [0.5, 0.6) is 0 Å². The molecule has 0 bridgehead atoms. The van der Waals surface area contributed by atoms with Gasteiger partial charge in [-0.25, -0.2) is 9.97 Å². The zero-order chi connectivity index (χ0) is 20.3. The van der Waals surface area contributed by atoms with E-state index in [1.165, 1.54) is 0 Å². The van der Waals surface area contributed by atoms with Gasteiger partial charge in [0.1, 0.15) is 17.7 Å². The highest BCUT2D eigenvalue weighted by Gasteiger charge is 2.43. The molecule has 0 aliphatic carbocycles. The second-order valence-corrected chi connectivity index (χ2v) is 8.03. The lowest BCUT2D eigenvalue weighted by Gasteiger charge is -2.32. The largest absolute Gasteiger partial charge is 0.377 e. The topological polar surface area (TPSA) is 76.6 Å². The molecular formula is C22H28N4O3. The summed E-state index contributed by atoms with van der Waals surface area (Å²) in [5.74, 6) is 0.840. The number of hydrogen-bond donors (Lipinski definition) is 1. The maximum Gasteiger partial charge on any atom is 0.251 e. The van der Waals surface area contributed by atoms with Gasteiger partial charge in [-0.15, -0.1) is 0 Å². The first-order valence-electron chi connectivity index (χ1n) is 10.2. The molecule has 29 heavy (non-hydrogen) atoms. The lowest BCUT2D eigenvalue weighted by atomic mass is 10.00. The summed E-state index contributed by atoms with van der Waals surface area (Å²) in [7, 11) is 0. The number of anilines is 1. The first-order valence-corrected chi connectivity index (χ1v) is 10.2. The minimum atomic E-state index is -0.366. The van der Waals surface area contributed by atoms with Crippen molar-refractivity contribution < 1.29 is 14.3 Å².